The van der Waals surface area contributed by atoms with Crippen LogP contribution in [0.5, 0.6) is 0 Å². The second kappa shape index (κ2) is 11.8. The van der Waals surface area contributed by atoms with E-state index < -0.39 is 0 Å². The standard InChI is InChI=1S/C16H28N2O2/c1-3-19-13-14-20-12-6-4-5-11-18(2)15-16-7-9-17-10-8-16/h7-10H,3-6,11-15H2,1-2H3. The average Bonchev–Trinajstić information content (AvgIpc) is 2.46. The fourth-order valence-corrected chi connectivity index (χ4v) is 2.01. The molecule has 0 aliphatic carbocycles. The minimum atomic E-state index is 0.713. The minimum absolute atomic E-state index is 0.713. The van der Waals surface area contributed by atoms with Gasteiger partial charge < -0.3 is 14.4 Å². The smallest absolute Gasteiger partial charge is 0.0700 e. The van der Waals surface area contributed by atoms with Gasteiger partial charge in [0.2, 0.25) is 0 Å². The van der Waals surface area contributed by atoms with E-state index in [1.807, 2.05) is 19.3 Å². The number of aromatic nitrogens is 1. The second-order valence-electron chi connectivity index (χ2n) is 4.96. The lowest BCUT2D eigenvalue weighted by Gasteiger charge is -2.16. The zero-order valence-corrected chi connectivity index (χ0v) is 12.9. The summed E-state index contributed by atoms with van der Waals surface area (Å²) in [5.41, 5.74) is 1.32. The summed E-state index contributed by atoms with van der Waals surface area (Å²) in [6, 6.07) is 4.14. The van der Waals surface area contributed by atoms with Crippen LogP contribution in [-0.4, -0.2) is 49.9 Å². The van der Waals surface area contributed by atoms with Crippen LogP contribution in [0.4, 0.5) is 0 Å². The molecule has 0 fully saturated rings. The Labute approximate surface area is 123 Å². The molecule has 1 aromatic rings. The molecule has 0 aliphatic heterocycles. The van der Waals surface area contributed by atoms with Gasteiger partial charge in [-0.1, -0.05) is 0 Å². The molecule has 0 bridgehead atoms. The fourth-order valence-electron chi connectivity index (χ4n) is 2.01. The van der Waals surface area contributed by atoms with Gasteiger partial charge in [-0.25, -0.2) is 0 Å². The third-order valence-corrected chi connectivity index (χ3v) is 3.11. The maximum absolute atomic E-state index is 5.49. The average molecular weight is 280 g/mol. The predicted molar refractivity (Wildman–Crippen MR) is 81.7 cm³/mol. The molecule has 0 atom stereocenters. The number of rotatable bonds is 12. The van der Waals surface area contributed by atoms with Gasteiger partial charge in [-0.3, -0.25) is 4.98 Å². The third-order valence-electron chi connectivity index (χ3n) is 3.11. The van der Waals surface area contributed by atoms with Gasteiger partial charge in [-0.05, 0) is 57.5 Å². The first kappa shape index (κ1) is 17.1. The number of ether oxygens (including phenoxy) is 2. The van der Waals surface area contributed by atoms with Crippen LogP contribution in [0.2, 0.25) is 0 Å². The normalized spacial score (nSPS) is 11.2. The molecule has 0 saturated heterocycles. The van der Waals surface area contributed by atoms with Crippen LogP contribution in [0.15, 0.2) is 24.5 Å². The molecule has 1 heterocycles. The molecule has 0 aromatic carbocycles. The summed E-state index contributed by atoms with van der Waals surface area (Å²) in [6.07, 6.45) is 7.27. The molecule has 0 spiro atoms. The lowest BCUT2D eigenvalue weighted by atomic mass is 10.2. The van der Waals surface area contributed by atoms with Crippen LogP contribution >= 0.6 is 0 Å². The van der Waals surface area contributed by atoms with E-state index in [2.05, 4.69) is 29.1 Å². The Kier molecular flexibility index (Phi) is 10.1. The molecule has 0 unspecified atom stereocenters. The van der Waals surface area contributed by atoms with Gasteiger partial charge in [-0.15, -0.1) is 0 Å². The molecule has 0 radical (unpaired) electrons. The van der Waals surface area contributed by atoms with Crippen molar-refractivity contribution in [1.29, 1.82) is 0 Å². The first-order chi connectivity index (χ1) is 9.83. The highest BCUT2D eigenvalue weighted by Gasteiger charge is 1.99. The highest BCUT2D eigenvalue weighted by atomic mass is 16.5. The maximum atomic E-state index is 5.49. The molecule has 4 nitrogen and oxygen atoms in total. The molecule has 0 aliphatic rings. The van der Waals surface area contributed by atoms with E-state index in [4.69, 9.17) is 9.47 Å². The van der Waals surface area contributed by atoms with Crippen molar-refractivity contribution in [3.05, 3.63) is 30.1 Å². The van der Waals surface area contributed by atoms with Crippen molar-refractivity contribution in [3.8, 4) is 0 Å². The van der Waals surface area contributed by atoms with Gasteiger partial charge in [-0.2, -0.15) is 0 Å². The van der Waals surface area contributed by atoms with Crippen LogP contribution in [0, 0.1) is 0 Å². The van der Waals surface area contributed by atoms with Gasteiger partial charge in [0.05, 0.1) is 13.2 Å². The zero-order chi connectivity index (χ0) is 14.5. The molecule has 20 heavy (non-hydrogen) atoms. The first-order valence-corrected chi connectivity index (χ1v) is 7.56. The molecule has 0 N–H and O–H groups in total. The molecular formula is C16H28N2O2. The molecule has 114 valence electrons. The van der Waals surface area contributed by atoms with E-state index in [9.17, 15) is 0 Å². The van der Waals surface area contributed by atoms with Crippen molar-refractivity contribution in [2.75, 3.05) is 40.0 Å². The first-order valence-electron chi connectivity index (χ1n) is 7.56. The minimum Gasteiger partial charge on any atom is -0.379 e. The van der Waals surface area contributed by atoms with E-state index in [1.54, 1.807) is 0 Å². The highest BCUT2D eigenvalue weighted by molar-refractivity contribution is 5.09. The van der Waals surface area contributed by atoms with Crippen LogP contribution in [-0.2, 0) is 16.0 Å². The van der Waals surface area contributed by atoms with Crippen LogP contribution in [0.1, 0.15) is 31.7 Å². The predicted octanol–water partition coefficient (Wildman–Crippen LogP) is 2.74. The summed E-state index contributed by atoms with van der Waals surface area (Å²) in [7, 11) is 2.17. The van der Waals surface area contributed by atoms with Gasteiger partial charge in [0, 0.05) is 32.2 Å². The van der Waals surface area contributed by atoms with Crippen molar-refractivity contribution in [2.45, 2.75) is 32.7 Å². The lowest BCUT2D eigenvalue weighted by molar-refractivity contribution is 0.0511. The largest absolute Gasteiger partial charge is 0.379 e. The summed E-state index contributed by atoms with van der Waals surface area (Å²) < 4.78 is 10.7. The highest BCUT2D eigenvalue weighted by Crippen LogP contribution is 2.03. The Hall–Kier alpha value is -0.970. The van der Waals surface area contributed by atoms with E-state index in [0.29, 0.717) is 6.61 Å². The quantitative estimate of drug-likeness (QED) is 0.551. The van der Waals surface area contributed by atoms with E-state index in [0.717, 1.165) is 39.3 Å². The van der Waals surface area contributed by atoms with Gasteiger partial charge in [0.1, 0.15) is 0 Å². The summed E-state index contributed by atoms with van der Waals surface area (Å²) in [6.45, 7) is 7.17. The summed E-state index contributed by atoms with van der Waals surface area (Å²) in [5, 5.41) is 0. The molecule has 0 amide bonds. The summed E-state index contributed by atoms with van der Waals surface area (Å²) >= 11 is 0. The Morgan fingerprint density at radius 1 is 1.00 bits per heavy atom. The van der Waals surface area contributed by atoms with Gasteiger partial charge in [0.15, 0.2) is 0 Å². The van der Waals surface area contributed by atoms with Crippen molar-refractivity contribution < 1.29 is 9.47 Å². The SMILES string of the molecule is CCOCCOCCCCCN(C)Cc1ccncc1. The van der Waals surface area contributed by atoms with Crippen molar-refractivity contribution in [3.63, 3.8) is 0 Å². The maximum Gasteiger partial charge on any atom is 0.0700 e. The van der Waals surface area contributed by atoms with Crippen molar-refractivity contribution in [1.82, 2.24) is 9.88 Å². The summed E-state index contributed by atoms with van der Waals surface area (Å²) in [4.78, 5) is 6.39. The summed E-state index contributed by atoms with van der Waals surface area (Å²) in [5.74, 6) is 0. The Morgan fingerprint density at radius 2 is 1.75 bits per heavy atom. The zero-order valence-electron chi connectivity index (χ0n) is 12.9. The topological polar surface area (TPSA) is 34.6 Å². The van der Waals surface area contributed by atoms with E-state index in [1.165, 1.54) is 18.4 Å². The Bertz CT molecular complexity index is 320. The number of nitrogens with zero attached hydrogens (tertiary/aromatic N) is 2. The fraction of sp³-hybridized carbons (Fsp3) is 0.688. The lowest BCUT2D eigenvalue weighted by Crippen LogP contribution is -2.19. The van der Waals surface area contributed by atoms with E-state index >= 15 is 0 Å². The Balaban J connectivity index is 1.91. The van der Waals surface area contributed by atoms with E-state index in [-0.39, 0.29) is 0 Å². The number of hydrogen-bond donors (Lipinski definition) is 0. The number of unbranched alkanes of at least 4 members (excludes halogenated alkanes) is 2. The van der Waals surface area contributed by atoms with Crippen LogP contribution in [0.25, 0.3) is 0 Å². The van der Waals surface area contributed by atoms with Crippen LogP contribution in [0.3, 0.4) is 0 Å². The number of hydrogen-bond acceptors (Lipinski definition) is 4. The molecule has 4 heteroatoms. The van der Waals surface area contributed by atoms with Gasteiger partial charge in [0.25, 0.3) is 0 Å². The monoisotopic (exact) mass is 280 g/mol. The molecule has 1 aromatic heterocycles. The van der Waals surface area contributed by atoms with Crippen LogP contribution < -0.4 is 0 Å². The molecule has 1 rings (SSSR count). The number of pyridine rings is 1. The Morgan fingerprint density at radius 3 is 2.50 bits per heavy atom. The van der Waals surface area contributed by atoms with Gasteiger partial charge >= 0.3 is 0 Å². The van der Waals surface area contributed by atoms with Crippen molar-refractivity contribution >= 4 is 0 Å². The third kappa shape index (κ3) is 9.02. The molecule has 0 saturated carbocycles. The molecular weight excluding hydrogens is 252 g/mol. The second-order valence-corrected chi connectivity index (χ2v) is 4.96. The van der Waals surface area contributed by atoms with Crippen molar-refractivity contribution in [2.24, 2.45) is 0 Å².